The van der Waals surface area contributed by atoms with Gasteiger partial charge in [-0.3, -0.25) is 9.69 Å². The van der Waals surface area contributed by atoms with Gasteiger partial charge >= 0.3 is 0 Å². The van der Waals surface area contributed by atoms with Crippen molar-refractivity contribution in [2.45, 2.75) is 19.4 Å². The van der Waals surface area contributed by atoms with Crippen LogP contribution in [0.2, 0.25) is 0 Å². The molecular weight excluding hydrogens is 282 g/mol. The number of carbonyl (C=O) groups excluding carboxylic acids is 1. The average Bonchev–Trinajstić information content (AvgIpc) is 2.54. The Hall–Kier alpha value is -1.70. The van der Waals surface area contributed by atoms with Gasteiger partial charge in [0.05, 0.1) is 31.1 Å². The minimum absolute atomic E-state index is 0.237. The van der Waals surface area contributed by atoms with Crippen molar-refractivity contribution < 1.29 is 9.53 Å². The van der Waals surface area contributed by atoms with Gasteiger partial charge in [0.1, 0.15) is 5.82 Å². The minimum Gasteiger partial charge on any atom is -0.384 e. The van der Waals surface area contributed by atoms with Gasteiger partial charge in [0.25, 0.3) is 0 Å². The highest BCUT2D eigenvalue weighted by Crippen LogP contribution is 2.10. The third-order valence-electron chi connectivity index (χ3n) is 3.51. The van der Waals surface area contributed by atoms with E-state index in [1.807, 2.05) is 6.07 Å². The van der Waals surface area contributed by atoms with Crippen LogP contribution in [0.25, 0.3) is 0 Å². The second kappa shape index (κ2) is 8.67. The van der Waals surface area contributed by atoms with Crippen LogP contribution in [0.4, 0.5) is 11.5 Å². The Kier molecular flexibility index (Phi) is 6.57. The van der Waals surface area contributed by atoms with Crippen molar-refractivity contribution in [2.24, 2.45) is 5.73 Å². The molecule has 0 bridgehead atoms. The van der Waals surface area contributed by atoms with Crippen molar-refractivity contribution in [2.75, 3.05) is 50.0 Å². The zero-order valence-electron chi connectivity index (χ0n) is 13.0. The maximum Gasteiger partial charge on any atom is 0.242 e. The Balaban J connectivity index is 1.66. The number of morpholine rings is 1. The molecule has 1 fully saturated rings. The molecule has 1 atom stereocenters. The fraction of sp³-hybridized carbons (Fsp3) is 0.600. The number of nitrogens with zero attached hydrogens (tertiary/aromatic N) is 2. The summed E-state index contributed by atoms with van der Waals surface area (Å²) in [4.78, 5) is 18.1. The van der Waals surface area contributed by atoms with E-state index in [1.165, 1.54) is 0 Å². The number of ether oxygens (including phenoxy) is 1. The molecule has 0 aromatic carbocycles. The van der Waals surface area contributed by atoms with E-state index in [2.05, 4.69) is 20.5 Å². The smallest absolute Gasteiger partial charge is 0.242 e. The molecule has 4 N–H and O–H groups in total. The predicted octanol–water partition coefficient (Wildman–Crippen LogP) is 0.501. The molecule has 0 radical (unpaired) electrons. The lowest BCUT2D eigenvalue weighted by molar-refractivity contribution is -0.117. The molecular formula is C15H25N5O2. The molecule has 1 aromatic rings. The summed E-state index contributed by atoms with van der Waals surface area (Å²) in [6.45, 7) is 7.33. The summed E-state index contributed by atoms with van der Waals surface area (Å²) in [7, 11) is 0. The summed E-state index contributed by atoms with van der Waals surface area (Å²) < 4.78 is 5.33. The number of aromatic nitrogens is 1. The molecule has 1 aliphatic heterocycles. The number of hydrogen-bond donors (Lipinski definition) is 3. The standard InChI is InChI=1S/C15H25N5O2/c1-12(16)15(21)19-14-4-3-13(11-18-14)17-5-2-6-20-7-9-22-10-8-20/h3-4,11-12,17H,2,5-10,16H2,1H3,(H,18,19,21). The fourth-order valence-electron chi connectivity index (χ4n) is 2.17. The number of hydrogen-bond acceptors (Lipinski definition) is 6. The van der Waals surface area contributed by atoms with Gasteiger partial charge in [-0.25, -0.2) is 4.98 Å². The molecule has 1 saturated heterocycles. The van der Waals surface area contributed by atoms with E-state index in [4.69, 9.17) is 10.5 Å². The highest BCUT2D eigenvalue weighted by Gasteiger charge is 2.09. The summed E-state index contributed by atoms with van der Waals surface area (Å²) in [6.07, 6.45) is 2.79. The second-order valence-electron chi connectivity index (χ2n) is 5.44. The first-order valence-corrected chi connectivity index (χ1v) is 7.71. The van der Waals surface area contributed by atoms with E-state index in [0.717, 1.165) is 51.5 Å². The van der Waals surface area contributed by atoms with Crippen LogP contribution >= 0.6 is 0 Å². The molecule has 122 valence electrons. The minimum atomic E-state index is -0.542. The van der Waals surface area contributed by atoms with Crippen LogP contribution in [-0.4, -0.2) is 61.2 Å². The van der Waals surface area contributed by atoms with Gasteiger partial charge in [-0.15, -0.1) is 0 Å². The Morgan fingerprint density at radius 1 is 1.45 bits per heavy atom. The van der Waals surface area contributed by atoms with Crippen LogP contribution in [0.15, 0.2) is 18.3 Å². The second-order valence-corrected chi connectivity index (χ2v) is 5.44. The summed E-state index contributed by atoms with van der Waals surface area (Å²) >= 11 is 0. The number of carbonyl (C=O) groups is 1. The van der Waals surface area contributed by atoms with Gasteiger partial charge in [-0.05, 0) is 32.0 Å². The fourth-order valence-corrected chi connectivity index (χ4v) is 2.17. The normalized spacial score (nSPS) is 17.0. The van der Waals surface area contributed by atoms with Crippen molar-refractivity contribution in [1.29, 1.82) is 0 Å². The lowest BCUT2D eigenvalue weighted by Gasteiger charge is -2.26. The molecule has 1 aromatic heterocycles. The Morgan fingerprint density at radius 2 is 2.23 bits per heavy atom. The lowest BCUT2D eigenvalue weighted by atomic mass is 10.3. The van der Waals surface area contributed by atoms with E-state index >= 15 is 0 Å². The summed E-state index contributed by atoms with van der Waals surface area (Å²) in [5.41, 5.74) is 6.44. The summed E-state index contributed by atoms with van der Waals surface area (Å²) in [5.74, 6) is 0.278. The van der Waals surface area contributed by atoms with Gasteiger partial charge < -0.3 is 21.1 Å². The van der Waals surface area contributed by atoms with Gasteiger partial charge in [-0.2, -0.15) is 0 Å². The monoisotopic (exact) mass is 307 g/mol. The highest BCUT2D eigenvalue weighted by molar-refractivity contribution is 5.93. The van der Waals surface area contributed by atoms with E-state index in [9.17, 15) is 4.79 Å². The van der Waals surface area contributed by atoms with Gasteiger partial charge in [0.2, 0.25) is 5.91 Å². The van der Waals surface area contributed by atoms with Crippen LogP contribution < -0.4 is 16.4 Å². The van der Waals surface area contributed by atoms with Crippen molar-refractivity contribution in [3.63, 3.8) is 0 Å². The number of amides is 1. The molecule has 2 rings (SSSR count). The van der Waals surface area contributed by atoms with E-state index in [1.54, 1.807) is 19.2 Å². The Labute approximate surface area is 131 Å². The lowest BCUT2D eigenvalue weighted by Crippen LogP contribution is -2.37. The van der Waals surface area contributed by atoms with Crippen molar-refractivity contribution in [3.05, 3.63) is 18.3 Å². The van der Waals surface area contributed by atoms with Gasteiger partial charge in [0.15, 0.2) is 0 Å². The van der Waals surface area contributed by atoms with Crippen molar-refractivity contribution >= 4 is 17.4 Å². The molecule has 2 heterocycles. The van der Waals surface area contributed by atoms with E-state index < -0.39 is 6.04 Å². The van der Waals surface area contributed by atoms with Crippen molar-refractivity contribution in [3.8, 4) is 0 Å². The zero-order valence-corrected chi connectivity index (χ0v) is 13.0. The SMILES string of the molecule is CC(N)C(=O)Nc1ccc(NCCCN2CCOCC2)cn1. The van der Waals surface area contributed by atoms with Gasteiger partial charge in [-0.1, -0.05) is 0 Å². The quantitative estimate of drug-likeness (QED) is 0.635. The molecule has 1 unspecified atom stereocenters. The van der Waals surface area contributed by atoms with Crippen molar-refractivity contribution in [1.82, 2.24) is 9.88 Å². The first-order chi connectivity index (χ1) is 10.6. The Morgan fingerprint density at radius 3 is 2.86 bits per heavy atom. The molecule has 0 spiro atoms. The molecule has 7 heteroatoms. The topological polar surface area (TPSA) is 92.5 Å². The highest BCUT2D eigenvalue weighted by atomic mass is 16.5. The molecule has 7 nitrogen and oxygen atoms in total. The molecule has 0 saturated carbocycles. The maximum atomic E-state index is 11.5. The molecule has 0 aliphatic carbocycles. The maximum absolute atomic E-state index is 11.5. The molecule has 1 amide bonds. The average molecular weight is 307 g/mol. The van der Waals surface area contributed by atoms with Crippen LogP contribution in [0.3, 0.4) is 0 Å². The summed E-state index contributed by atoms with van der Waals surface area (Å²) in [5, 5.41) is 5.99. The summed E-state index contributed by atoms with van der Waals surface area (Å²) in [6, 6.07) is 3.13. The Bertz CT molecular complexity index is 458. The van der Waals surface area contributed by atoms with Crippen LogP contribution in [0.5, 0.6) is 0 Å². The number of anilines is 2. The zero-order chi connectivity index (χ0) is 15.8. The third-order valence-corrected chi connectivity index (χ3v) is 3.51. The number of nitrogens with one attached hydrogen (secondary N) is 2. The first-order valence-electron chi connectivity index (χ1n) is 7.71. The van der Waals surface area contributed by atoms with E-state index in [-0.39, 0.29) is 5.91 Å². The number of nitrogens with two attached hydrogens (primary N) is 1. The van der Waals surface area contributed by atoms with E-state index in [0.29, 0.717) is 5.82 Å². The van der Waals surface area contributed by atoms with Crippen LogP contribution in [0, 0.1) is 0 Å². The van der Waals surface area contributed by atoms with Gasteiger partial charge in [0, 0.05) is 19.6 Å². The molecule has 1 aliphatic rings. The third kappa shape index (κ3) is 5.59. The first kappa shape index (κ1) is 16.7. The predicted molar refractivity (Wildman–Crippen MR) is 86.9 cm³/mol. The number of rotatable bonds is 7. The van der Waals surface area contributed by atoms with Crippen LogP contribution in [-0.2, 0) is 9.53 Å². The van der Waals surface area contributed by atoms with Crippen LogP contribution in [0.1, 0.15) is 13.3 Å². The number of pyridine rings is 1. The largest absolute Gasteiger partial charge is 0.384 e. The molecule has 22 heavy (non-hydrogen) atoms.